The van der Waals surface area contributed by atoms with Gasteiger partial charge in [0.25, 0.3) is 5.91 Å². The minimum Gasteiger partial charge on any atom is -0.467 e. The van der Waals surface area contributed by atoms with Gasteiger partial charge in [0.15, 0.2) is 6.04 Å². The summed E-state index contributed by atoms with van der Waals surface area (Å²) in [5.74, 6) is -4.01. The van der Waals surface area contributed by atoms with E-state index in [1.165, 1.54) is 0 Å². The van der Waals surface area contributed by atoms with E-state index in [9.17, 15) is 18.4 Å². The summed E-state index contributed by atoms with van der Waals surface area (Å²) in [6, 6.07) is -0.132. The number of rotatable bonds is 4. The van der Waals surface area contributed by atoms with E-state index in [-0.39, 0.29) is 0 Å². The predicted octanol–water partition coefficient (Wildman–Crippen LogP) is 0.882. The SMILES string of the molecule is COC(=O)C(CO)NC(=O)c1cc(F)c(Cl)cc1F. The highest BCUT2D eigenvalue weighted by Crippen LogP contribution is 2.19. The average molecular weight is 294 g/mol. The van der Waals surface area contributed by atoms with Crippen LogP contribution in [0.2, 0.25) is 5.02 Å². The molecule has 5 nitrogen and oxygen atoms in total. The number of carbonyl (C=O) groups is 2. The number of esters is 1. The summed E-state index contributed by atoms with van der Waals surface area (Å²) in [7, 11) is 1.06. The molecule has 0 saturated carbocycles. The summed E-state index contributed by atoms with van der Waals surface area (Å²) in [5.41, 5.74) is -0.635. The van der Waals surface area contributed by atoms with Crippen molar-refractivity contribution in [1.82, 2.24) is 5.32 Å². The van der Waals surface area contributed by atoms with E-state index in [4.69, 9.17) is 16.7 Å². The predicted molar refractivity (Wildman–Crippen MR) is 61.7 cm³/mol. The smallest absolute Gasteiger partial charge is 0.330 e. The number of nitrogens with one attached hydrogen (secondary N) is 1. The molecular weight excluding hydrogens is 284 g/mol. The summed E-state index contributed by atoms with van der Waals surface area (Å²) in [6.07, 6.45) is 0. The van der Waals surface area contributed by atoms with E-state index in [1.54, 1.807) is 0 Å². The normalized spacial score (nSPS) is 11.8. The van der Waals surface area contributed by atoms with Gasteiger partial charge in [-0.1, -0.05) is 11.6 Å². The summed E-state index contributed by atoms with van der Waals surface area (Å²) < 4.78 is 30.9. The Morgan fingerprint density at radius 1 is 1.42 bits per heavy atom. The van der Waals surface area contributed by atoms with Crippen LogP contribution in [-0.2, 0) is 9.53 Å². The second kappa shape index (κ2) is 6.44. The van der Waals surface area contributed by atoms with Gasteiger partial charge >= 0.3 is 5.97 Å². The van der Waals surface area contributed by atoms with Crippen LogP contribution in [0.4, 0.5) is 8.78 Å². The molecule has 1 rings (SSSR count). The van der Waals surface area contributed by atoms with E-state index < -0.39 is 46.7 Å². The number of methoxy groups -OCH3 is 1. The Morgan fingerprint density at radius 3 is 2.58 bits per heavy atom. The number of hydrogen-bond donors (Lipinski definition) is 2. The van der Waals surface area contributed by atoms with Gasteiger partial charge in [0.1, 0.15) is 11.6 Å². The minimum atomic E-state index is -1.37. The lowest BCUT2D eigenvalue weighted by Crippen LogP contribution is -2.44. The fourth-order valence-corrected chi connectivity index (χ4v) is 1.40. The summed E-state index contributed by atoms with van der Waals surface area (Å²) in [5, 5.41) is 10.4. The minimum absolute atomic E-state index is 0.472. The van der Waals surface area contributed by atoms with Crippen molar-refractivity contribution in [1.29, 1.82) is 0 Å². The van der Waals surface area contributed by atoms with Crippen molar-refractivity contribution >= 4 is 23.5 Å². The molecule has 0 heterocycles. The Balaban J connectivity index is 2.95. The number of aliphatic hydroxyl groups is 1. The molecule has 1 unspecified atom stereocenters. The molecule has 0 aromatic heterocycles. The van der Waals surface area contributed by atoms with Crippen molar-refractivity contribution in [2.75, 3.05) is 13.7 Å². The first-order chi connectivity index (χ1) is 8.90. The largest absolute Gasteiger partial charge is 0.467 e. The summed E-state index contributed by atoms with van der Waals surface area (Å²) in [4.78, 5) is 22.8. The van der Waals surface area contributed by atoms with Gasteiger partial charge in [0.05, 0.1) is 24.3 Å². The van der Waals surface area contributed by atoms with Crippen molar-refractivity contribution in [3.05, 3.63) is 34.4 Å². The van der Waals surface area contributed by atoms with Gasteiger partial charge in [0, 0.05) is 0 Å². The summed E-state index contributed by atoms with van der Waals surface area (Å²) >= 11 is 5.34. The molecule has 0 saturated heterocycles. The van der Waals surface area contributed by atoms with Crippen LogP contribution >= 0.6 is 11.6 Å². The maximum absolute atomic E-state index is 13.4. The standard InChI is InChI=1S/C11H10ClF2NO4/c1-19-11(18)9(4-16)15-10(17)5-2-8(14)6(12)3-7(5)13/h2-3,9,16H,4H2,1H3,(H,15,17). The Hall–Kier alpha value is -1.73. The molecule has 8 heteroatoms. The molecule has 1 aromatic carbocycles. The van der Waals surface area contributed by atoms with Crippen molar-refractivity contribution in [3.63, 3.8) is 0 Å². The van der Waals surface area contributed by atoms with E-state index in [0.29, 0.717) is 12.1 Å². The maximum Gasteiger partial charge on any atom is 0.330 e. The number of halogens is 3. The van der Waals surface area contributed by atoms with Gasteiger partial charge in [-0.25, -0.2) is 13.6 Å². The van der Waals surface area contributed by atoms with Gasteiger partial charge in [0.2, 0.25) is 0 Å². The first-order valence-corrected chi connectivity index (χ1v) is 5.42. The topological polar surface area (TPSA) is 75.6 Å². The summed E-state index contributed by atoms with van der Waals surface area (Å²) in [6.45, 7) is -0.740. The molecule has 1 amide bonds. The number of benzene rings is 1. The molecule has 104 valence electrons. The van der Waals surface area contributed by atoms with Crippen molar-refractivity contribution < 1.29 is 28.2 Å². The quantitative estimate of drug-likeness (QED) is 0.638. The van der Waals surface area contributed by atoms with Crippen LogP contribution < -0.4 is 5.32 Å². The number of aliphatic hydroxyl groups excluding tert-OH is 1. The number of hydrogen-bond acceptors (Lipinski definition) is 4. The van der Waals surface area contributed by atoms with Crippen LogP contribution in [0.15, 0.2) is 12.1 Å². The van der Waals surface area contributed by atoms with Gasteiger partial charge in [-0.2, -0.15) is 0 Å². The molecule has 19 heavy (non-hydrogen) atoms. The van der Waals surface area contributed by atoms with E-state index >= 15 is 0 Å². The van der Waals surface area contributed by atoms with Gasteiger partial charge in [-0.15, -0.1) is 0 Å². The average Bonchev–Trinajstić information content (AvgIpc) is 2.38. The fraction of sp³-hybridized carbons (Fsp3) is 0.273. The Kier molecular flexibility index (Phi) is 5.20. The monoisotopic (exact) mass is 293 g/mol. The first kappa shape index (κ1) is 15.3. The second-order valence-corrected chi connectivity index (χ2v) is 3.89. The number of ether oxygens (including phenoxy) is 1. The highest BCUT2D eigenvalue weighted by molar-refractivity contribution is 6.30. The third-order valence-corrected chi connectivity index (χ3v) is 2.52. The highest BCUT2D eigenvalue weighted by Gasteiger charge is 2.23. The molecule has 1 atom stereocenters. The van der Waals surface area contributed by atoms with Crippen LogP contribution in [-0.4, -0.2) is 36.7 Å². The third kappa shape index (κ3) is 3.62. The van der Waals surface area contributed by atoms with Crippen LogP contribution in [0.5, 0.6) is 0 Å². The maximum atomic E-state index is 13.4. The Labute approximate surface area is 112 Å². The number of carbonyl (C=O) groups excluding carboxylic acids is 2. The lowest BCUT2D eigenvalue weighted by atomic mass is 10.1. The molecule has 0 aliphatic heterocycles. The van der Waals surface area contributed by atoms with E-state index in [1.807, 2.05) is 5.32 Å². The third-order valence-electron chi connectivity index (χ3n) is 2.23. The van der Waals surface area contributed by atoms with Crippen LogP contribution in [0.1, 0.15) is 10.4 Å². The van der Waals surface area contributed by atoms with E-state index in [0.717, 1.165) is 7.11 Å². The van der Waals surface area contributed by atoms with Crippen LogP contribution in [0.3, 0.4) is 0 Å². The first-order valence-electron chi connectivity index (χ1n) is 5.04. The molecule has 0 radical (unpaired) electrons. The Morgan fingerprint density at radius 2 is 2.05 bits per heavy atom. The zero-order valence-corrected chi connectivity index (χ0v) is 10.5. The highest BCUT2D eigenvalue weighted by atomic mass is 35.5. The lowest BCUT2D eigenvalue weighted by molar-refractivity contribution is -0.143. The van der Waals surface area contributed by atoms with Crippen molar-refractivity contribution in [2.45, 2.75) is 6.04 Å². The molecule has 0 aliphatic rings. The molecule has 0 fully saturated rings. The molecule has 0 aliphatic carbocycles. The second-order valence-electron chi connectivity index (χ2n) is 3.48. The fourth-order valence-electron chi connectivity index (χ4n) is 1.25. The van der Waals surface area contributed by atoms with Crippen LogP contribution in [0, 0.1) is 11.6 Å². The van der Waals surface area contributed by atoms with Gasteiger partial charge in [-0.05, 0) is 12.1 Å². The molecule has 0 bridgehead atoms. The molecule has 0 spiro atoms. The molecule has 2 N–H and O–H groups in total. The van der Waals surface area contributed by atoms with Crippen molar-refractivity contribution in [3.8, 4) is 0 Å². The van der Waals surface area contributed by atoms with Gasteiger partial charge < -0.3 is 15.2 Å². The van der Waals surface area contributed by atoms with Crippen molar-refractivity contribution in [2.24, 2.45) is 0 Å². The molecular formula is C11H10ClF2NO4. The molecule has 1 aromatic rings. The number of amides is 1. The lowest BCUT2D eigenvalue weighted by Gasteiger charge is -2.14. The zero-order valence-electron chi connectivity index (χ0n) is 9.75. The van der Waals surface area contributed by atoms with Gasteiger partial charge in [-0.3, -0.25) is 4.79 Å². The van der Waals surface area contributed by atoms with E-state index in [2.05, 4.69) is 4.74 Å². The Bertz CT molecular complexity index is 510. The zero-order chi connectivity index (χ0) is 14.6. The van der Waals surface area contributed by atoms with Crippen LogP contribution in [0.25, 0.3) is 0 Å².